The van der Waals surface area contributed by atoms with Gasteiger partial charge in [-0.1, -0.05) is 5.92 Å². The molecule has 0 unspecified atom stereocenters. The minimum Gasteiger partial charge on any atom is -0.390 e. The van der Waals surface area contributed by atoms with Gasteiger partial charge in [-0.05, 0) is 15.9 Å². The number of nitrogens with zero attached hydrogens (tertiary/aromatic N) is 2. The van der Waals surface area contributed by atoms with Crippen LogP contribution in [0.5, 0.6) is 0 Å². The van der Waals surface area contributed by atoms with E-state index in [1.807, 2.05) is 0 Å². The van der Waals surface area contributed by atoms with Crippen LogP contribution in [-0.2, 0) is 6.54 Å². The summed E-state index contributed by atoms with van der Waals surface area (Å²) in [4.78, 5) is 11.7. The lowest BCUT2D eigenvalue weighted by Gasteiger charge is -2.15. The second kappa shape index (κ2) is 5.93. The molecule has 0 bridgehead atoms. The van der Waals surface area contributed by atoms with E-state index in [1.165, 1.54) is 6.20 Å². The first-order valence-corrected chi connectivity index (χ1v) is 5.62. The van der Waals surface area contributed by atoms with Gasteiger partial charge in [-0.25, -0.2) is 13.5 Å². The average molecular weight is 322 g/mol. The third-order valence-electron chi connectivity index (χ3n) is 1.99. The van der Waals surface area contributed by atoms with Gasteiger partial charge in [-0.15, -0.1) is 6.42 Å². The number of aliphatic hydroxyl groups excluding tert-OH is 1. The summed E-state index contributed by atoms with van der Waals surface area (Å²) in [6.07, 6.45) is 6.25. The van der Waals surface area contributed by atoms with E-state index in [-0.39, 0.29) is 16.7 Å². The number of terminal acetylenes is 1. The van der Waals surface area contributed by atoms with Crippen molar-refractivity contribution in [3.8, 4) is 12.3 Å². The maximum absolute atomic E-state index is 12.8. The fraction of sp³-hybridized carbons (Fsp3) is 0.400. The zero-order valence-corrected chi connectivity index (χ0v) is 10.7. The predicted molar refractivity (Wildman–Crippen MR) is 65.6 cm³/mol. The molecule has 0 fully saturated rings. The summed E-state index contributed by atoms with van der Waals surface area (Å²) in [6, 6.07) is 0. The summed E-state index contributed by atoms with van der Waals surface area (Å²) in [5.74, 6) is -1.03. The van der Waals surface area contributed by atoms with E-state index in [0.29, 0.717) is 0 Å². The van der Waals surface area contributed by atoms with Crippen LogP contribution in [0.25, 0.3) is 0 Å². The summed E-state index contributed by atoms with van der Waals surface area (Å²) >= 11 is 2.98. The summed E-state index contributed by atoms with van der Waals surface area (Å²) in [6.45, 7) is -2.09. The molecule has 0 aromatic carbocycles. The van der Waals surface area contributed by atoms with E-state index < -0.39 is 24.6 Å². The van der Waals surface area contributed by atoms with Crippen LogP contribution >= 0.6 is 15.9 Å². The van der Waals surface area contributed by atoms with Crippen LogP contribution < -0.4 is 10.9 Å². The minimum atomic E-state index is -3.27. The van der Waals surface area contributed by atoms with Gasteiger partial charge in [0, 0.05) is 0 Å². The number of hydrogen-bond acceptors (Lipinski definition) is 4. The van der Waals surface area contributed by atoms with Crippen LogP contribution in [0.4, 0.5) is 14.5 Å². The van der Waals surface area contributed by atoms with Crippen LogP contribution in [0.3, 0.4) is 0 Å². The van der Waals surface area contributed by atoms with Gasteiger partial charge >= 0.3 is 0 Å². The van der Waals surface area contributed by atoms with Crippen molar-refractivity contribution >= 4 is 21.6 Å². The van der Waals surface area contributed by atoms with Crippen molar-refractivity contribution in [2.24, 2.45) is 0 Å². The Labute approximate surface area is 110 Å². The second-order valence-electron chi connectivity index (χ2n) is 3.41. The Morgan fingerprint density at radius 3 is 2.89 bits per heavy atom. The third kappa shape index (κ3) is 3.51. The molecular weight excluding hydrogens is 312 g/mol. The van der Waals surface area contributed by atoms with E-state index in [1.54, 1.807) is 0 Å². The Bertz CT molecular complexity index is 525. The van der Waals surface area contributed by atoms with Gasteiger partial charge in [0.2, 0.25) is 0 Å². The summed E-state index contributed by atoms with van der Waals surface area (Å²) < 4.78 is 26.7. The minimum absolute atomic E-state index is 0.00941. The highest BCUT2D eigenvalue weighted by molar-refractivity contribution is 9.10. The van der Waals surface area contributed by atoms with E-state index in [9.17, 15) is 13.6 Å². The van der Waals surface area contributed by atoms with Crippen molar-refractivity contribution in [1.82, 2.24) is 9.78 Å². The van der Waals surface area contributed by atoms with Gasteiger partial charge in [0.25, 0.3) is 11.5 Å². The van der Waals surface area contributed by atoms with Crippen molar-refractivity contribution in [2.45, 2.75) is 12.5 Å². The largest absolute Gasteiger partial charge is 0.390 e. The molecule has 1 aromatic heterocycles. The lowest BCUT2D eigenvalue weighted by atomic mass is 10.3. The summed E-state index contributed by atoms with van der Waals surface area (Å²) in [5, 5.41) is 14.5. The van der Waals surface area contributed by atoms with E-state index in [0.717, 1.165) is 4.68 Å². The first-order valence-electron chi connectivity index (χ1n) is 4.83. The molecule has 2 N–H and O–H groups in total. The van der Waals surface area contributed by atoms with Gasteiger partial charge in [0.1, 0.15) is 17.6 Å². The smallest absolute Gasteiger partial charge is 0.287 e. The number of alkyl halides is 2. The van der Waals surface area contributed by atoms with Gasteiger partial charge in [-0.3, -0.25) is 4.79 Å². The molecule has 0 aliphatic heterocycles. The Morgan fingerprint density at radius 2 is 2.33 bits per heavy atom. The molecule has 18 heavy (non-hydrogen) atoms. The first kappa shape index (κ1) is 14.6. The maximum Gasteiger partial charge on any atom is 0.287 e. The number of anilines is 1. The van der Waals surface area contributed by atoms with Gasteiger partial charge in [0.05, 0.1) is 18.4 Å². The van der Waals surface area contributed by atoms with Crippen LogP contribution in [0, 0.1) is 12.3 Å². The summed E-state index contributed by atoms with van der Waals surface area (Å²) in [7, 11) is 0. The van der Waals surface area contributed by atoms with Gasteiger partial charge in [-0.2, -0.15) is 5.10 Å². The lowest BCUT2D eigenvalue weighted by molar-refractivity contribution is -0.0373. The highest BCUT2D eigenvalue weighted by Gasteiger charge is 2.27. The SMILES string of the molecule is C#CCn1ncc(NCC(F)(F)CO)c(Br)c1=O. The Balaban J connectivity index is 2.90. The van der Waals surface area contributed by atoms with E-state index >= 15 is 0 Å². The molecule has 0 spiro atoms. The van der Waals surface area contributed by atoms with Crippen LogP contribution in [0.1, 0.15) is 0 Å². The zero-order chi connectivity index (χ0) is 13.8. The maximum atomic E-state index is 12.8. The molecule has 0 radical (unpaired) electrons. The molecule has 1 aromatic rings. The predicted octanol–water partition coefficient (Wildman–Crippen LogP) is 0.678. The molecule has 0 saturated heterocycles. The monoisotopic (exact) mass is 321 g/mol. The zero-order valence-electron chi connectivity index (χ0n) is 9.16. The lowest BCUT2D eigenvalue weighted by Crippen LogP contribution is -2.32. The van der Waals surface area contributed by atoms with E-state index in [4.69, 9.17) is 11.5 Å². The normalized spacial score (nSPS) is 11.1. The number of halogens is 3. The van der Waals surface area contributed by atoms with Crippen LogP contribution in [-0.4, -0.2) is 34.0 Å². The Hall–Kier alpha value is -1.46. The fourth-order valence-electron chi connectivity index (χ4n) is 1.07. The molecule has 0 saturated carbocycles. The number of nitrogens with one attached hydrogen (secondary N) is 1. The first-order chi connectivity index (χ1) is 8.41. The van der Waals surface area contributed by atoms with Crippen molar-refractivity contribution in [3.63, 3.8) is 0 Å². The Morgan fingerprint density at radius 1 is 1.67 bits per heavy atom. The van der Waals surface area contributed by atoms with Crippen molar-refractivity contribution in [2.75, 3.05) is 18.5 Å². The number of hydrogen-bond donors (Lipinski definition) is 2. The average Bonchev–Trinajstić information content (AvgIpc) is 2.34. The van der Waals surface area contributed by atoms with Crippen LogP contribution in [0.15, 0.2) is 15.5 Å². The number of aliphatic hydroxyl groups is 1. The molecule has 1 rings (SSSR count). The van der Waals surface area contributed by atoms with E-state index in [2.05, 4.69) is 32.3 Å². The number of rotatable bonds is 5. The molecule has 98 valence electrons. The third-order valence-corrected chi connectivity index (χ3v) is 2.76. The standard InChI is InChI=1S/C10H10BrF2N3O2/c1-2-3-16-9(18)8(11)7(4-15-16)14-5-10(12,13)6-17/h1,4,14,17H,3,5-6H2. The van der Waals surface area contributed by atoms with Crippen molar-refractivity contribution in [1.29, 1.82) is 0 Å². The summed E-state index contributed by atoms with van der Waals surface area (Å²) in [5.41, 5.74) is -0.410. The highest BCUT2D eigenvalue weighted by atomic mass is 79.9. The molecule has 5 nitrogen and oxygen atoms in total. The highest BCUT2D eigenvalue weighted by Crippen LogP contribution is 2.19. The molecular formula is C10H10BrF2N3O2. The Kier molecular flexibility index (Phi) is 4.81. The molecule has 0 atom stereocenters. The fourth-order valence-corrected chi connectivity index (χ4v) is 1.52. The van der Waals surface area contributed by atoms with Crippen molar-refractivity contribution in [3.05, 3.63) is 21.0 Å². The molecule has 8 heteroatoms. The molecule has 0 aliphatic rings. The van der Waals surface area contributed by atoms with Crippen LogP contribution in [0.2, 0.25) is 0 Å². The second-order valence-corrected chi connectivity index (χ2v) is 4.20. The molecule has 0 amide bonds. The number of aromatic nitrogens is 2. The molecule has 0 aliphatic carbocycles. The van der Waals surface area contributed by atoms with Gasteiger partial charge in [0.15, 0.2) is 0 Å². The van der Waals surface area contributed by atoms with Gasteiger partial charge < -0.3 is 10.4 Å². The molecule has 1 heterocycles. The quantitative estimate of drug-likeness (QED) is 0.783. The topological polar surface area (TPSA) is 67.2 Å². The van der Waals surface area contributed by atoms with Crippen molar-refractivity contribution < 1.29 is 13.9 Å².